The quantitative estimate of drug-likeness (QED) is 0.852. The van der Waals surface area contributed by atoms with Crippen molar-refractivity contribution in [1.82, 2.24) is 19.1 Å². The lowest BCUT2D eigenvalue weighted by Crippen LogP contribution is -2.37. The van der Waals surface area contributed by atoms with E-state index in [9.17, 15) is 4.79 Å². The highest BCUT2D eigenvalue weighted by Crippen LogP contribution is 2.31. The SMILES string of the molecule is O=c1n(CN(CC2CCCCC2)C2CC2)nc2ccccn12. The van der Waals surface area contributed by atoms with Crippen molar-refractivity contribution in [2.24, 2.45) is 5.92 Å². The maximum atomic E-state index is 12.4. The molecule has 0 atom stereocenters. The Morgan fingerprint density at radius 1 is 1.14 bits per heavy atom. The minimum absolute atomic E-state index is 0.0232. The van der Waals surface area contributed by atoms with Gasteiger partial charge in [0.15, 0.2) is 5.65 Å². The van der Waals surface area contributed by atoms with Crippen molar-refractivity contribution < 1.29 is 0 Å². The van der Waals surface area contributed by atoms with Gasteiger partial charge in [-0.05, 0) is 43.7 Å². The first-order valence-electron chi connectivity index (χ1n) is 8.59. The van der Waals surface area contributed by atoms with Gasteiger partial charge >= 0.3 is 5.69 Å². The molecule has 0 radical (unpaired) electrons. The summed E-state index contributed by atoms with van der Waals surface area (Å²) in [5.74, 6) is 0.807. The molecule has 0 unspecified atom stereocenters. The average Bonchev–Trinajstić information content (AvgIpc) is 3.35. The van der Waals surface area contributed by atoms with Crippen molar-refractivity contribution in [1.29, 1.82) is 0 Å². The summed E-state index contributed by atoms with van der Waals surface area (Å²) in [5, 5.41) is 4.48. The molecule has 0 aliphatic heterocycles. The maximum absolute atomic E-state index is 12.4. The molecule has 0 spiro atoms. The van der Waals surface area contributed by atoms with Crippen molar-refractivity contribution in [3.8, 4) is 0 Å². The molecule has 0 bridgehead atoms. The zero-order chi connectivity index (χ0) is 14.9. The standard InChI is InChI=1S/C17H24N4O/c22-17-20-11-5-4-8-16(20)18-21(17)13-19(15-9-10-15)12-14-6-2-1-3-7-14/h4-5,8,11,14-15H,1-3,6-7,9-10,12-13H2. The average molecular weight is 300 g/mol. The number of fused-ring (bicyclic) bond motifs is 1. The fraction of sp³-hybridized carbons (Fsp3) is 0.647. The molecule has 2 aromatic heterocycles. The van der Waals surface area contributed by atoms with E-state index in [1.54, 1.807) is 15.3 Å². The number of rotatable bonds is 5. The second kappa shape index (κ2) is 5.88. The van der Waals surface area contributed by atoms with Crippen molar-refractivity contribution in [2.75, 3.05) is 6.54 Å². The van der Waals surface area contributed by atoms with E-state index in [0.29, 0.717) is 12.7 Å². The van der Waals surface area contributed by atoms with E-state index in [1.165, 1.54) is 44.9 Å². The van der Waals surface area contributed by atoms with Gasteiger partial charge < -0.3 is 0 Å². The van der Waals surface area contributed by atoms with Crippen LogP contribution in [0.2, 0.25) is 0 Å². The molecule has 118 valence electrons. The third-order valence-electron chi connectivity index (χ3n) is 5.08. The molecular formula is C17H24N4O. The van der Waals surface area contributed by atoms with Crippen LogP contribution >= 0.6 is 0 Å². The highest BCUT2D eigenvalue weighted by molar-refractivity contribution is 5.35. The number of pyridine rings is 1. The molecule has 0 amide bonds. The number of hydrogen-bond donors (Lipinski definition) is 0. The maximum Gasteiger partial charge on any atom is 0.351 e. The van der Waals surface area contributed by atoms with Gasteiger partial charge in [-0.3, -0.25) is 9.30 Å². The zero-order valence-corrected chi connectivity index (χ0v) is 13.0. The van der Waals surface area contributed by atoms with Crippen LogP contribution in [-0.4, -0.2) is 31.7 Å². The summed E-state index contributed by atoms with van der Waals surface area (Å²) in [5.41, 5.74) is 0.714. The summed E-state index contributed by atoms with van der Waals surface area (Å²) in [4.78, 5) is 14.9. The summed E-state index contributed by atoms with van der Waals surface area (Å²) >= 11 is 0. The Hall–Kier alpha value is -1.62. The molecule has 22 heavy (non-hydrogen) atoms. The van der Waals surface area contributed by atoms with Crippen LogP contribution in [0.1, 0.15) is 44.9 Å². The van der Waals surface area contributed by atoms with Gasteiger partial charge in [-0.1, -0.05) is 25.3 Å². The second-order valence-corrected chi connectivity index (χ2v) is 6.86. The smallest absolute Gasteiger partial charge is 0.281 e. The highest BCUT2D eigenvalue weighted by atomic mass is 16.2. The molecule has 0 N–H and O–H groups in total. The van der Waals surface area contributed by atoms with Crippen molar-refractivity contribution >= 4 is 5.65 Å². The van der Waals surface area contributed by atoms with E-state index in [2.05, 4.69) is 10.00 Å². The Morgan fingerprint density at radius 2 is 1.95 bits per heavy atom. The number of nitrogens with zero attached hydrogens (tertiary/aromatic N) is 4. The fourth-order valence-corrected chi connectivity index (χ4v) is 3.70. The summed E-state index contributed by atoms with van der Waals surface area (Å²) in [6, 6.07) is 6.35. The molecule has 2 aliphatic carbocycles. The van der Waals surface area contributed by atoms with Crippen LogP contribution in [-0.2, 0) is 6.67 Å². The molecule has 2 aromatic rings. The number of hydrogen-bond acceptors (Lipinski definition) is 3. The van der Waals surface area contributed by atoms with Gasteiger partial charge in [0, 0.05) is 18.8 Å². The minimum Gasteiger partial charge on any atom is -0.281 e. The predicted octanol–water partition coefficient (Wildman–Crippen LogP) is 2.50. The second-order valence-electron chi connectivity index (χ2n) is 6.86. The fourth-order valence-electron chi connectivity index (χ4n) is 3.70. The Morgan fingerprint density at radius 3 is 2.68 bits per heavy atom. The van der Waals surface area contributed by atoms with E-state index in [1.807, 2.05) is 18.2 Å². The summed E-state index contributed by atoms with van der Waals surface area (Å²) < 4.78 is 3.27. The predicted molar refractivity (Wildman–Crippen MR) is 85.8 cm³/mol. The molecule has 4 rings (SSSR count). The molecule has 5 heteroatoms. The lowest BCUT2D eigenvalue weighted by atomic mass is 9.89. The van der Waals surface area contributed by atoms with Gasteiger partial charge in [0.05, 0.1) is 6.67 Å². The first-order chi connectivity index (χ1) is 10.8. The highest BCUT2D eigenvalue weighted by Gasteiger charge is 2.31. The van der Waals surface area contributed by atoms with E-state index < -0.39 is 0 Å². The number of aromatic nitrogens is 3. The van der Waals surface area contributed by atoms with Crippen molar-refractivity contribution in [3.05, 3.63) is 34.9 Å². The van der Waals surface area contributed by atoms with Crippen LogP contribution in [0.4, 0.5) is 0 Å². The van der Waals surface area contributed by atoms with E-state index in [0.717, 1.165) is 18.1 Å². The van der Waals surface area contributed by atoms with Gasteiger partial charge in [-0.2, -0.15) is 4.68 Å². The Labute approximate surface area is 130 Å². The Kier molecular flexibility index (Phi) is 3.74. The molecule has 2 aliphatic rings. The Balaban J connectivity index is 1.53. The third kappa shape index (κ3) is 2.82. The molecule has 2 fully saturated rings. The van der Waals surface area contributed by atoms with Gasteiger partial charge in [0.25, 0.3) is 0 Å². The van der Waals surface area contributed by atoms with Crippen molar-refractivity contribution in [3.63, 3.8) is 0 Å². The monoisotopic (exact) mass is 300 g/mol. The molecular weight excluding hydrogens is 276 g/mol. The minimum atomic E-state index is -0.0232. The molecule has 5 nitrogen and oxygen atoms in total. The van der Waals surface area contributed by atoms with Gasteiger partial charge in [0.2, 0.25) is 0 Å². The van der Waals surface area contributed by atoms with Crippen LogP contribution < -0.4 is 5.69 Å². The summed E-state index contributed by atoms with van der Waals surface area (Å²) in [6.07, 6.45) is 11.2. The van der Waals surface area contributed by atoms with E-state index >= 15 is 0 Å². The van der Waals surface area contributed by atoms with Crippen LogP contribution in [0.3, 0.4) is 0 Å². The first-order valence-corrected chi connectivity index (χ1v) is 8.59. The topological polar surface area (TPSA) is 42.5 Å². The molecule has 2 heterocycles. The lowest BCUT2D eigenvalue weighted by Gasteiger charge is -2.29. The van der Waals surface area contributed by atoms with Crippen LogP contribution in [0, 0.1) is 5.92 Å². The lowest BCUT2D eigenvalue weighted by molar-refractivity contribution is 0.146. The first kappa shape index (κ1) is 14.0. The normalized spacial score (nSPS) is 20.0. The third-order valence-corrected chi connectivity index (χ3v) is 5.08. The zero-order valence-electron chi connectivity index (χ0n) is 13.0. The Bertz CT molecular complexity index is 694. The van der Waals surface area contributed by atoms with Crippen molar-refractivity contribution in [2.45, 2.75) is 57.7 Å². The largest absolute Gasteiger partial charge is 0.351 e. The van der Waals surface area contributed by atoms with E-state index in [-0.39, 0.29) is 5.69 Å². The summed E-state index contributed by atoms with van der Waals surface area (Å²) in [7, 11) is 0. The molecule has 2 saturated carbocycles. The van der Waals surface area contributed by atoms with Crippen LogP contribution in [0.25, 0.3) is 5.65 Å². The van der Waals surface area contributed by atoms with Gasteiger partial charge in [0.1, 0.15) is 0 Å². The molecule has 0 aromatic carbocycles. The molecule has 0 saturated heterocycles. The van der Waals surface area contributed by atoms with Crippen LogP contribution in [0.15, 0.2) is 29.2 Å². The summed E-state index contributed by atoms with van der Waals surface area (Å²) in [6.45, 7) is 1.77. The van der Waals surface area contributed by atoms with Crippen LogP contribution in [0.5, 0.6) is 0 Å². The van der Waals surface area contributed by atoms with Gasteiger partial charge in [-0.15, -0.1) is 5.10 Å². The van der Waals surface area contributed by atoms with E-state index in [4.69, 9.17) is 0 Å². The van der Waals surface area contributed by atoms with Gasteiger partial charge in [-0.25, -0.2) is 4.79 Å².